The molecule has 0 aliphatic carbocycles. The number of nitrogens with two attached hydrogens (primary N) is 1. The number of aryl methyl sites for hydroxylation is 1. The molecule has 2 aromatic carbocycles. The molecule has 2 aromatic rings. The van der Waals surface area contributed by atoms with E-state index in [4.69, 9.17) is 10.5 Å². The second-order valence-corrected chi connectivity index (χ2v) is 5.51. The highest BCUT2D eigenvalue weighted by Crippen LogP contribution is 2.22. The summed E-state index contributed by atoms with van der Waals surface area (Å²) < 4.78 is 5.45. The Hall–Kier alpha value is -1.84. The van der Waals surface area contributed by atoms with E-state index in [-0.39, 0.29) is 0 Å². The van der Waals surface area contributed by atoms with E-state index in [2.05, 4.69) is 49.2 Å². The third kappa shape index (κ3) is 4.31. The van der Waals surface area contributed by atoms with Crippen LogP contribution in [-0.4, -0.2) is 19.1 Å². The van der Waals surface area contributed by atoms with Crippen molar-refractivity contribution in [3.05, 3.63) is 64.7 Å². The summed E-state index contributed by atoms with van der Waals surface area (Å²) in [6, 6.07) is 14.8. The molecule has 3 heteroatoms. The Balaban J connectivity index is 2.09. The predicted molar refractivity (Wildman–Crippen MR) is 87.2 cm³/mol. The first kappa shape index (κ1) is 15.5. The molecule has 3 nitrogen and oxygen atoms in total. The maximum absolute atomic E-state index is 5.73. The number of benzene rings is 2. The Morgan fingerprint density at radius 3 is 2.52 bits per heavy atom. The molecule has 0 saturated carbocycles. The molecule has 2 rings (SSSR count). The number of methoxy groups -OCH3 is 1. The SMILES string of the molecule is COc1ccc(CN)cc1CN(C)Cc1cccc(C)c1. The molecule has 0 aromatic heterocycles. The first-order valence-electron chi connectivity index (χ1n) is 7.22. The van der Waals surface area contributed by atoms with Crippen LogP contribution >= 0.6 is 0 Å². The number of rotatable bonds is 6. The van der Waals surface area contributed by atoms with Crippen LogP contribution in [0.2, 0.25) is 0 Å². The monoisotopic (exact) mass is 284 g/mol. The van der Waals surface area contributed by atoms with Gasteiger partial charge in [0.1, 0.15) is 5.75 Å². The highest BCUT2D eigenvalue weighted by molar-refractivity contribution is 5.37. The van der Waals surface area contributed by atoms with E-state index in [1.165, 1.54) is 16.7 Å². The Morgan fingerprint density at radius 1 is 1.05 bits per heavy atom. The molecule has 0 aliphatic heterocycles. The van der Waals surface area contributed by atoms with Gasteiger partial charge < -0.3 is 10.5 Å². The summed E-state index contributed by atoms with van der Waals surface area (Å²) in [5, 5.41) is 0. The molecule has 112 valence electrons. The normalized spacial score (nSPS) is 10.9. The van der Waals surface area contributed by atoms with E-state index in [0.29, 0.717) is 6.54 Å². The van der Waals surface area contributed by atoms with E-state index >= 15 is 0 Å². The predicted octanol–water partition coefficient (Wildman–Crippen LogP) is 3.09. The molecule has 0 radical (unpaired) electrons. The lowest BCUT2D eigenvalue weighted by Crippen LogP contribution is -2.18. The second kappa shape index (κ2) is 7.25. The van der Waals surface area contributed by atoms with Crippen molar-refractivity contribution in [3.63, 3.8) is 0 Å². The van der Waals surface area contributed by atoms with E-state index < -0.39 is 0 Å². The summed E-state index contributed by atoms with van der Waals surface area (Å²) in [5.74, 6) is 0.920. The van der Waals surface area contributed by atoms with Crippen molar-refractivity contribution in [1.29, 1.82) is 0 Å². The standard InChI is InChI=1S/C18H24N2O/c1-14-5-4-6-16(9-14)12-20(2)13-17-10-15(11-19)7-8-18(17)21-3/h4-10H,11-13,19H2,1-3H3. The van der Waals surface area contributed by atoms with E-state index in [9.17, 15) is 0 Å². The number of ether oxygens (including phenoxy) is 1. The third-order valence-corrected chi connectivity index (χ3v) is 3.56. The molecule has 0 bridgehead atoms. The van der Waals surface area contributed by atoms with Gasteiger partial charge in [-0.25, -0.2) is 0 Å². The minimum absolute atomic E-state index is 0.554. The van der Waals surface area contributed by atoms with Crippen LogP contribution in [0.5, 0.6) is 5.75 Å². The summed E-state index contributed by atoms with van der Waals surface area (Å²) in [7, 11) is 3.83. The first-order chi connectivity index (χ1) is 10.1. The van der Waals surface area contributed by atoms with E-state index in [1.54, 1.807) is 7.11 Å². The van der Waals surface area contributed by atoms with Crippen molar-refractivity contribution in [1.82, 2.24) is 4.90 Å². The summed E-state index contributed by atoms with van der Waals surface area (Å²) in [5.41, 5.74) is 10.7. The maximum Gasteiger partial charge on any atom is 0.123 e. The molecule has 2 N–H and O–H groups in total. The minimum atomic E-state index is 0.554. The van der Waals surface area contributed by atoms with Crippen LogP contribution in [0.3, 0.4) is 0 Å². The van der Waals surface area contributed by atoms with Gasteiger partial charge in [0, 0.05) is 25.2 Å². The average molecular weight is 284 g/mol. The smallest absolute Gasteiger partial charge is 0.123 e. The second-order valence-electron chi connectivity index (χ2n) is 5.51. The van der Waals surface area contributed by atoms with Gasteiger partial charge in [-0.15, -0.1) is 0 Å². The topological polar surface area (TPSA) is 38.5 Å². The van der Waals surface area contributed by atoms with Crippen molar-refractivity contribution >= 4 is 0 Å². The van der Waals surface area contributed by atoms with Crippen LogP contribution in [-0.2, 0) is 19.6 Å². The van der Waals surface area contributed by atoms with Crippen molar-refractivity contribution < 1.29 is 4.74 Å². The third-order valence-electron chi connectivity index (χ3n) is 3.56. The Morgan fingerprint density at radius 2 is 1.86 bits per heavy atom. The molecule has 0 aliphatic rings. The molecule has 21 heavy (non-hydrogen) atoms. The van der Waals surface area contributed by atoms with Crippen LogP contribution in [0.15, 0.2) is 42.5 Å². The fourth-order valence-corrected chi connectivity index (χ4v) is 2.55. The van der Waals surface area contributed by atoms with Gasteiger partial charge in [-0.1, -0.05) is 35.9 Å². The fraction of sp³-hybridized carbons (Fsp3) is 0.333. The van der Waals surface area contributed by atoms with Crippen LogP contribution < -0.4 is 10.5 Å². The van der Waals surface area contributed by atoms with Gasteiger partial charge in [-0.3, -0.25) is 4.90 Å². The summed E-state index contributed by atoms with van der Waals surface area (Å²) >= 11 is 0. The zero-order valence-corrected chi connectivity index (χ0v) is 13.1. The summed E-state index contributed by atoms with van der Waals surface area (Å²) in [4.78, 5) is 2.28. The van der Waals surface area contributed by atoms with Gasteiger partial charge in [0.2, 0.25) is 0 Å². The van der Waals surface area contributed by atoms with Crippen LogP contribution in [0.1, 0.15) is 22.3 Å². The molecule has 0 spiro atoms. The zero-order valence-electron chi connectivity index (χ0n) is 13.1. The lowest BCUT2D eigenvalue weighted by molar-refractivity contribution is 0.310. The molecular weight excluding hydrogens is 260 g/mol. The molecule has 0 atom stereocenters. The van der Waals surface area contributed by atoms with Gasteiger partial charge in [-0.05, 0) is 37.2 Å². The molecule has 0 heterocycles. The molecular formula is C18H24N2O. The van der Waals surface area contributed by atoms with Crippen LogP contribution in [0, 0.1) is 6.92 Å². The molecule has 0 saturated heterocycles. The maximum atomic E-state index is 5.73. The summed E-state index contributed by atoms with van der Waals surface area (Å²) in [6.45, 7) is 4.43. The van der Waals surface area contributed by atoms with Gasteiger partial charge in [-0.2, -0.15) is 0 Å². The quantitative estimate of drug-likeness (QED) is 0.886. The van der Waals surface area contributed by atoms with Crippen LogP contribution in [0.25, 0.3) is 0 Å². The van der Waals surface area contributed by atoms with Crippen molar-refractivity contribution in [3.8, 4) is 5.75 Å². The Labute approximate surface area is 127 Å². The highest BCUT2D eigenvalue weighted by atomic mass is 16.5. The lowest BCUT2D eigenvalue weighted by Gasteiger charge is -2.19. The van der Waals surface area contributed by atoms with Crippen molar-refractivity contribution in [2.24, 2.45) is 5.73 Å². The largest absolute Gasteiger partial charge is 0.496 e. The molecule has 0 amide bonds. The van der Waals surface area contributed by atoms with Crippen LogP contribution in [0.4, 0.5) is 0 Å². The van der Waals surface area contributed by atoms with Gasteiger partial charge >= 0.3 is 0 Å². The highest BCUT2D eigenvalue weighted by Gasteiger charge is 2.08. The first-order valence-corrected chi connectivity index (χ1v) is 7.22. The van der Waals surface area contributed by atoms with E-state index in [1.807, 2.05) is 12.1 Å². The van der Waals surface area contributed by atoms with Gasteiger partial charge in [0.25, 0.3) is 0 Å². The fourth-order valence-electron chi connectivity index (χ4n) is 2.55. The average Bonchev–Trinajstić information content (AvgIpc) is 2.47. The van der Waals surface area contributed by atoms with Crippen molar-refractivity contribution in [2.45, 2.75) is 26.6 Å². The zero-order chi connectivity index (χ0) is 15.2. The lowest BCUT2D eigenvalue weighted by atomic mass is 10.1. The van der Waals surface area contributed by atoms with Crippen molar-refractivity contribution in [2.75, 3.05) is 14.2 Å². The van der Waals surface area contributed by atoms with E-state index in [0.717, 1.165) is 24.4 Å². The minimum Gasteiger partial charge on any atom is -0.496 e. The number of hydrogen-bond donors (Lipinski definition) is 1. The molecule has 0 fully saturated rings. The Bertz CT molecular complexity index is 596. The van der Waals surface area contributed by atoms with Gasteiger partial charge in [0.15, 0.2) is 0 Å². The number of hydrogen-bond acceptors (Lipinski definition) is 3. The molecule has 0 unspecified atom stereocenters. The number of nitrogens with zero attached hydrogens (tertiary/aromatic N) is 1. The Kier molecular flexibility index (Phi) is 5.37. The van der Waals surface area contributed by atoms with Gasteiger partial charge in [0.05, 0.1) is 7.11 Å². The summed E-state index contributed by atoms with van der Waals surface area (Å²) in [6.07, 6.45) is 0.